The highest BCUT2D eigenvalue weighted by Crippen LogP contribution is 2.39. The summed E-state index contributed by atoms with van der Waals surface area (Å²) in [6, 6.07) is 1.87. The molecule has 120 valence electrons. The van der Waals surface area contributed by atoms with Crippen LogP contribution < -0.4 is 4.90 Å². The molecule has 0 radical (unpaired) electrons. The SMILES string of the molecule is Cc1ccnc(N2CCC(n3cc(C4CC4)nn3)C2)c1[N+](=O)[O-]. The van der Waals surface area contributed by atoms with Crippen molar-refractivity contribution >= 4 is 11.5 Å². The Hall–Kier alpha value is -2.51. The molecule has 1 aliphatic heterocycles. The first kappa shape index (κ1) is 14.1. The number of hydrogen-bond donors (Lipinski definition) is 0. The minimum Gasteiger partial charge on any atom is -0.349 e. The predicted molar refractivity (Wildman–Crippen MR) is 83.5 cm³/mol. The molecular formula is C15H18N6O2. The average molecular weight is 314 g/mol. The number of anilines is 1. The molecule has 1 unspecified atom stereocenters. The molecule has 0 amide bonds. The number of nitro groups is 1. The Labute approximate surface area is 133 Å². The van der Waals surface area contributed by atoms with Crippen LogP contribution in [0.2, 0.25) is 0 Å². The van der Waals surface area contributed by atoms with E-state index in [1.807, 2.05) is 15.8 Å². The van der Waals surface area contributed by atoms with Gasteiger partial charge in [0.05, 0.1) is 16.7 Å². The minimum absolute atomic E-state index is 0.102. The van der Waals surface area contributed by atoms with E-state index in [9.17, 15) is 10.1 Å². The zero-order valence-corrected chi connectivity index (χ0v) is 12.9. The molecule has 8 nitrogen and oxygen atoms in total. The molecule has 2 aromatic heterocycles. The number of pyridine rings is 1. The van der Waals surface area contributed by atoms with E-state index < -0.39 is 0 Å². The second-order valence-corrected chi connectivity index (χ2v) is 6.34. The molecule has 0 N–H and O–H groups in total. The summed E-state index contributed by atoms with van der Waals surface area (Å²) in [5.41, 5.74) is 1.81. The van der Waals surface area contributed by atoms with Crippen LogP contribution >= 0.6 is 0 Å². The zero-order chi connectivity index (χ0) is 16.0. The first-order valence-corrected chi connectivity index (χ1v) is 7.90. The van der Waals surface area contributed by atoms with Crippen molar-refractivity contribution in [3.63, 3.8) is 0 Å². The number of rotatable bonds is 4. The van der Waals surface area contributed by atoms with E-state index in [-0.39, 0.29) is 16.7 Å². The third-order valence-corrected chi connectivity index (χ3v) is 4.65. The Bertz CT molecular complexity index is 754. The maximum Gasteiger partial charge on any atom is 0.314 e. The van der Waals surface area contributed by atoms with E-state index in [4.69, 9.17) is 0 Å². The van der Waals surface area contributed by atoms with Crippen LogP contribution in [0.1, 0.15) is 42.5 Å². The lowest BCUT2D eigenvalue weighted by Crippen LogP contribution is -2.23. The van der Waals surface area contributed by atoms with Crippen molar-refractivity contribution in [1.29, 1.82) is 0 Å². The number of aryl methyl sites for hydroxylation is 1. The molecule has 3 heterocycles. The summed E-state index contributed by atoms with van der Waals surface area (Å²) >= 11 is 0. The minimum atomic E-state index is -0.342. The average Bonchev–Trinajstić information content (AvgIpc) is 3.07. The van der Waals surface area contributed by atoms with E-state index in [0.717, 1.165) is 18.7 Å². The normalized spacial score (nSPS) is 20.9. The maximum atomic E-state index is 11.3. The highest BCUT2D eigenvalue weighted by atomic mass is 16.6. The lowest BCUT2D eigenvalue weighted by atomic mass is 10.2. The van der Waals surface area contributed by atoms with Gasteiger partial charge >= 0.3 is 5.69 Å². The molecule has 1 atom stereocenters. The Morgan fingerprint density at radius 2 is 2.17 bits per heavy atom. The Balaban J connectivity index is 1.56. The highest BCUT2D eigenvalue weighted by Gasteiger charge is 2.32. The van der Waals surface area contributed by atoms with E-state index >= 15 is 0 Å². The Kier molecular flexibility index (Phi) is 3.24. The first-order chi connectivity index (χ1) is 11.1. The fourth-order valence-electron chi connectivity index (χ4n) is 3.18. The zero-order valence-electron chi connectivity index (χ0n) is 12.9. The molecule has 4 rings (SSSR count). The van der Waals surface area contributed by atoms with Crippen LogP contribution in [0.15, 0.2) is 18.5 Å². The number of nitrogens with zero attached hydrogens (tertiary/aromatic N) is 6. The molecule has 23 heavy (non-hydrogen) atoms. The molecule has 8 heteroatoms. The largest absolute Gasteiger partial charge is 0.349 e. The number of hydrogen-bond acceptors (Lipinski definition) is 6. The molecule has 1 saturated carbocycles. The summed E-state index contributed by atoms with van der Waals surface area (Å²) in [7, 11) is 0. The van der Waals surface area contributed by atoms with E-state index in [2.05, 4.69) is 15.3 Å². The van der Waals surface area contributed by atoms with Crippen molar-refractivity contribution in [2.24, 2.45) is 0 Å². The van der Waals surface area contributed by atoms with Gasteiger partial charge in [-0.1, -0.05) is 5.21 Å². The van der Waals surface area contributed by atoms with E-state index in [1.54, 1.807) is 19.2 Å². The van der Waals surface area contributed by atoms with Crippen LogP contribution in [0.3, 0.4) is 0 Å². The Morgan fingerprint density at radius 3 is 2.91 bits per heavy atom. The van der Waals surface area contributed by atoms with Gasteiger partial charge in [0.25, 0.3) is 0 Å². The fourth-order valence-corrected chi connectivity index (χ4v) is 3.18. The highest BCUT2D eigenvalue weighted by molar-refractivity contribution is 5.62. The van der Waals surface area contributed by atoms with Gasteiger partial charge in [-0.2, -0.15) is 0 Å². The standard InChI is InChI=1S/C15H18N6O2/c1-10-4-6-16-15(14(10)21(22)23)19-7-5-12(8-19)20-9-13(17-18-20)11-2-3-11/h4,6,9,11-12H,2-3,5,7-8H2,1H3. The van der Waals surface area contributed by atoms with Crippen LogP contribution in [0.25, 0.3) is 0 Å². The molecule has 0 bridgehead atoms. The summed E-state index contributed by atoms with van der Waals surface area (Å²) in [5.74, 6) is 1.04. The van der Waals surface area contributed by atoms with Crippen molar-refractivity contribution in [1.82, 2.24) is 20.0 Å². The second kappa shape index (κ2) is 5.29. The van der Waals surface area contributed by atoms with Crippen LogP contribution in [0.4, 0.5) is 11.5 Å². The number of aromatic nitrogens is 4. The van der Waals surface area contributed by atoms with Gasteiger partial charge in [-0.3, -0.25) is 10.1 Å². The lowest BCUT2D eigenvalue weighted by molar-refractivity contribution is -0.384. The summed E-state index contributed by atoms with van der Waals surface area (Å²) in [5, 5.41) is 19.8. The van der Waals surface area contributed by atoms with Gasteiger partial charge in [-0.25, -0.2) is 9.67 Å². The molecule has 2 fully saturated rings. The van der Waals surface area contributed by atoms with Crippen molar-refractivity contribution in [3.8, 4) is 0 Å². The van der Waals surface area contributed by atoms with Crippen molar-refractivity contribution in [2.75, 3.05) is 18.0 Å². The van der Waals surface area contributed by atoms with Gasteiger partial charge in [-0.05, 0) is 32.3 Å². The van der Waals surface area contributed by atoms with Crippen LogP contribution in [0.5, 0.6) is 0 Å². The van der Waals surface area contributed by atoms with Crippen molar-refractivity contribution in [3.05, 3.63) is 39.8 Å². The van der Waals surface area contributed by atoms with Gasteiger partial charge < -0.3 is 4.90 Å². The molecule has 1 saturated heterocycles. The van der Waals surface area contributed by atoms with Crippen LogP contribution in [-0.4, -0.2) is 38.0 Å². The molecule has 2 aliphatic rings. The topological polar surface area (TPSA) is 90.0 Å². The smallest absolute Gasteiger partial charge is 0.314 e. The van der Waals surface area contributed by atoms with E-state index in [0.29, 0.717) is 23.8 Å². The van der Waals surface area contributed by atoms with Crippen LogP contribution in [0, 0.1) is 17.0 Å². The monoisotopic (exact) mass is 314 g/mol. The summed E-state index contributed by atoms with van der Waals surface area (Å²) in [6.45, 7) is 3.15. The van der Waals surface area contributed by atoms with Gasteiger partial charge in [0.15, 0.2) is 0 Å². The van der Waals surface area contributed by atoms with Gasteiger partial charge in [-0.15, -0.1) is 5.10 Å². The molecular weight excluding hydrogens is 296 g/mol. The summed E-state index contributed by atoms with van der Waals surface area (Å²) in [4.78, 5) is 17.2. The Morgan fingerprint density at radius 1 is 1.35 bits per heavy atom. The molecule has 1 aliphatic carbocycles. The fraction of sp³-hybridized carbons (Fsp3) is 0.533. The van der Waals surface area contributed by atoms with Crippen molar-refractivity contribution in [2.45, 2.75) is 38.1 Å². The van der Waals surface area contributed by atoms with Crippen LogP contribution in [-0.2, 0) is 0 Å². The lowest BCUT2D eigenvalue weighted by Gasteiger charge is -2.17. The first-order valence-electron chi connectivity index (χ1n) is 7.90. The second-order valence-electron chi connectivity index (χ2n) is 6.34. The molecule has 0 spiro atoms. The quantitative estimate of drug-likeness (QED) is 0.635. The molecule has 0 aromatic carbocycles. The van der Waals surface area contributed by atoms with E-state index in [1.165, 1.54) is 12.8 Å². The molecule has 2 aromatic rings. The summed E-state index contributed by atoms with van der Waals surface area (Å²) < 4.78 is 1.91. The van der Waals surface area contributed by atoms with Gasteiger partial charge in [0, 0.05) is 37.0 Å². The van der Waals surface area contributed by atoms with Crippen molar-refractivity contribution < 1.29 is 4.92 Å². The predicted octanol–water partition coefficient (Wildman–Crippen LogP) is 2.22. The third kappa shape index (κ3) is 2.54. The maximum absolute atomic E-state index is 11.3. The summed E-state index contributed by atoms with van der Waals surface area (Å²) in [6.07, 6.45) is 6.96. The third-order valence-electron chi connectivity index (χ3n) is 4.65. The van der Waals surface area contributed by atoms with Gasteiger partial charge in [0.1, 0.15) is 0 Å². The van der Waals surface area contributed by atoms with Gasteiger partial charge in [0.2, 0.25) is 5.82 Å².